The van der Waals surface area contributed by atoms with Gasteiger partial charge in [-0.05, 0) is 0 Å². The maximum absolute atomic E-state index is 8.49. The van der Waals surface area contributed by atoms with E-state index < -0.39 is 10.2 Å². The first kappa shape index (κ1) is 16.2. The summed E-state index contributed by atoms with van der Waals surface area (Å²) in [7, 11) is -4.94. The first-order chi connectivity index (χ1) is 2.00. The minimum absolute atomic E-state index is 0. The van der Waals surface area contributed by atoms with Gasteiger partial charge in [-0.2, -0.15) is 0 Å². The molecule has 0 fully saturated rings. The standard InChI is InChI=1S/ClHO4.K.Mo/c2-1(3,4)5;;/h(H,2,3,4,5);;/q;+1;/p-1. The average Bonchev–Trinajstić information content (AvgIpc) is 0.722. The van der Waals surface area contributed by atoms with Crippen molar-refractivity contribution < 1.29 is 101 Å². The van der Waals surface area contributed by atoms with Crippen LogP contribution < -0.4 is 70.0 Å². The second-order valence-corrected chi connectivity index (χ2v) is 1.13. The molecule has 0 radical (unpaired) electrons. The van der Waals surface area contributed by atoms with E-state index in [4.69, 9.17) is 18.6 Å². The van der Waals surface area contributed by atoms with Gasteiger partial charge in [-0.3, -0.25) is 0 Å². The molecule has 7 heteroatoms. The van der Waals surface area contributed by atoms with Crippen molar-refractivity contribution in [2.75, 3.05) is 0 Å². The summed E-state index contributed by atoms with van der Waals surface area (Å²) in [6.45, 7) is 0. The number of hydrogen-bond acceptors (Lipinski definition) is 4. The fourth-order valence-electron chi connectivity index (χ4n) is 0. The van der Waals surface area contributed by atoms with Gasteiger partial charge in [0, 0.05) is 21.1 Å². The Morgan fingerprint density at radius 1 is 0.857 bits per heavy atom. The maximum Gasteiger partial charge on any atom is 1.00 e. The summed E-state index contributed by atoms with van der Waals surface area (Å²) < 4.78 is 34.0. The third kappa shape index (κ3) is 58.5. The fraction of sp³-hybridized carbons (Fsp3) is 0. The van der Waals surface area contributed by atoms with Gasteiger partial charge in [0.05, 0.1) is 0 Å². The SMILES string of the molecule is [K+].[Mo].[O-][Cl+3]([O-])([O-])[O-]. The minimum atomic E-state index is -4.94. The molecule has 0 saturated carbocycles. The van der Waals surface area contributed by atoms with Crippen LogP contribution in [-0.2, 0) is 21.1 Å². The smallest absolute Gasteiger partial charge is 0.222 e. The van der Waals surface area contributed by atoms with Gasteiger partial charge in [0.15, 0.2) is 0 Å². The van der Waals surface area contributed by atoms with E-state index in [0.717, 1.165) is 0 Å². The van der Waals surface area contributed by atoms with Crippen molar-refractivity contribution in [2.24, 2.45) is 0 Å². The molecule has 0 N–H and O–H groups in total. The largest absolute Gasteiger partial charge is 1.00 e. The Bertz CT molecular complexity index is 27.2. The summed E-state index contributed by atoms with van der Waals surface area (Å²) in [6.07, 6.45) is 0. The maximum atomic E-state index is 8.49. The molecule has 0 heterocycles. The Morgan fingerprint density at radius 2 is 0.857 bits per heavy atom. The predicted molar refractivity (Wildman–Crippen MR) is 0 cm³/mol. The molecule has 7 heavy (non-hydrogen) atoms. The van der Waals surface area contributed by atoms with Crippen LogP contribution >= 0.6 is 0 Å². The van der Waals surface area contributed by atoms with Crippen LogP contribution in [0.4, 0.5) is 0 Å². The van der Waals surface area contributed by atoms with Crippen LogP contribution in [0.5, 0.6) is 0 Å². The summed E-state index contributed by atoms with van der Waals surface area (Å²) in [6, 6.07) is 0. The van der Waals surface area contributed by atoms with Crippen LogP contribution in [0.25, 0.3) is 0 Å². The zero-order valence-corrected chi connectivity index (χ0v) is 9.31. The Labute approximate surface area is 99.3 Å². The van der Waals surface area contributed by atoms with E-state index >= 15 is 0 Å². The quantitative estimate of drug-likeness (QED) is 0.389. The Morgan fingerprint density at radius 3 is 0.857 bits per heavy atom. The van der Waals surface area contributed by atoms with Gasteiger partial charge < -0.3 is 0 Å². The van der Waals surface area contributed by atoms with Gasteiger partial charge in [0.25, 0.3) is 0 Å². The molecule has 0 saturated heterocycles. The number of halogens is 1. The fourth-order valence-corrected chi connectivity index (χ4v) is 0. The van der Waals surface area contributed by atoms with Gasteiger partial charge in [-0.15, -0.1) is 10.2 Å². The summed E-state index contributed by atoms with van der Waals surface area (Å²) in [5.74, 6) is 0. The average molecular weight is 234 g/mol. The van der Waals surface area contributed by atoms with Crippen LogP contribution in [0.2, 0.25) is 0 Å². The molecule has 0 atom stereocenters. The predicted octanol–water partition coefficient (Wildman–Crippen LogP) is -7.75. The molecule has 0 amide bonds. The van der Waals surface area contributed by atoms with Crippen LogP contribution in [0.3, 0.4) is 0 Å². The van der Waals surface area contributed by atoms with Gasteiger partial charge in [0.2, 0.25) is 0 Å². The molecule has 0 spiro atoms. The first-order valence-electron chi connectivity index (χ1n) is 0.617. The van der Waals surface area contributed by atoms with Gasteiger partial charge in [-0.1, -0.05) is 0 Å². The van der Waals surface area contributed by atoms with E-state index in [0.29, 0.717) is 0 Å². The molecule has 0 bridgehead atoms. The summed E-state index contributed by atoms with van der Waals surface area (Å²) in [5, 5.41) is 0. The Hall–Kier alpha value is 2.45. The van der Waals surface area contributed by atoms with Crippen molar-refractivity contribution in [3.05, 3.63) is 0 Å². The monoisotopic (exact) mass is 236 g/mol. The molecule has 4 nitrogen and oxygen atoms in total. The molecule has 0 aromatic heterocycles. The summed E-state index contributed by atoms with van der Waals surface area (Å²) in [4.78, 5) is 0. The van der Waals surface area contributed by atoms with Crippen LogP contribution in [-0.4, -0.2) is 0 Å². The minimum Gasteiger partial charge on any atom is -0.222 e. The van der Waals surface area contributed by atoms with E-state index in [1.807, 2.05) is 0 Å². The molecular formula is ClKMoO4. The zero-order valence-electron chi connectivity index (χ0n) is 3.42. The number of rotatable bonds is 0. The van der Waals surface area contributed by atoms with Crippen molar-refractivity contribution in [3.63, 3.8) is 0 Å². The molecule has 0 aliphatic rings. The van der Waals surface area contributed by atoms with Crippen LogP contribution in [0, 0.1) is 10.2 Å². The Kier molecular flexibility index (Phi) is 15.2. The van der Waals surface area contributed by atoms with Crippen molar-refractivity contribution in [2.45, 2.75) is 0 Å². The molecule has 0 aliphatic carbocycles. The molecular weight excluding hydrogens is 234 g/mol. The zero-order chi connectivity index (χ0) is 4.50. The molecule has 38 valence electrons. The molecule has 0 aromatic rings. The molecule has 0 aliphatic heterocycles. The first-order valence-corrected chi connectivity index (χ1v) is 1.85. The molecule has 0 rings (SSSR count). The van der Waals surface area contributed by atoms with E-state index in [-0.39, 0.29) is 72.4 Å². The van der Waals surface area contributed by atoms with Crippen molar-refractivity contribution in [1.29, 1.82) is 0 Å². The summed E-state index contributed by atoms with van der Waals surface area (Å²) in [5.41, 5.74) is 0. The van der Waals surface area contributed by atoms with E-state index in [1.165, 1.54) is 0 Å². The number of hydrogen-bond donors (Lipinski definition) is 0. The summed E-state index contributed by atoms with van der Waals surface area (Å²) >= 11 is 0. The van der Waals surface area contributed by atoms with Gasteiger partial charge in [-0.25, -0.2) is 18.6 Å². The topological polar surface area (TPSA) is 92.2 Å². The second kappa shape index (κ2) is 6.57. The van der Waals surface area contributed by atoms with Crippen molar-refractivity contribution in [3.8, 4) is 0 Å². The van der Waals surface area contributed by atoms with Crippen LogP contribution in [0.15, 0.2) is 0 Å². The normalized spacial score (nSPS) is 8.57. The molecule has 0 unspecified atom stereocenters. The van der Waals surface area contributed by atoms with Crippen molar-refractivity contribution in [1.82, 2.24) is 0 Å². The van der Waals surface area contributed by atoms with E-state index in [1.54, 1.807) is 0 Å². The van der Waals surface area contributed by atoms with Gasteiger partial charge in [0.1, 0.15) is 0 Å². The van der Waals surface area contributed by atoms with E-state index in [2.05, 4.69) is 0 Å². The van der Waals surface area contributed by atoms with Crippen molar-refractivity contribution >= 4 is 0 Å². The molecule has 0 aromatic carbocycles. The third-order valence-electron chi connectivity index (χ3n) is 0. The van der Waals surface area contributed by atoms with E-state index in [9.17, 15) is 0 Å². The Balaban J connectivity index is -0.0000000800. The van der Waals surface area contributed by atoms with Gasteiger partial charge >= 0.3 is 51.4 Å². The second-order valence-electron chi connectivity index (χ2n) is 0.378. The van der Waals surface area contributed by atoms with Crippen LogP contribution in [0.1, 0.15) is 0 Å². The third-order valence-corrected chi connectivity index (χ3v) is 0.